The van der Waals surface area contributed by atoms with E-state index in [1.807, 2.05) is 4.98 Å². The summed E-state index contributed by atoms with van der Waals surface area (Å²) in [6, 6.07) is 10.4. The van der Waals surface area contributed by atoms with E-state index in [2.05, 4.69) is 4.98 Å². The Morgan fingerprint density at radius 2 is 1.76 bits per heavy atom. The Hall–Kier alpha value is -3.39. The summed E-state index contributed by atoms with van der Waals surface area (Å²) >= 11 is 5.83. The summed E-state index contributed by atoms with van der Waals surface area (Å²) in [5.74, 6) is 0.964. The molecule has 25 heavy (non-hydrogen) atoms. The molecule has 0 atom stereocenters. The summed E-state index contributed by atoms with van der Waals surface area (Å²) in [7, 11) is 0. The number of benzene rings is 1. The molecule has 126 valence electrons. The average Bonchev–Trinajstić information content (AvgIpc) is 3.01. The SMILES string of the molecule is O=c1[nH]c(C=Cc2ccc(-c3ccc(Cl)cc3)o2)c([N+](=O)[O-])c(=O)[nH]1. The number of nitro groups is 1. The Morgan fingerprint density at radius 1 is 1.04 bits per heavy atom. The molecule has 0 aliphatic rings. The normalized spacial score (nSPS) is 11.1. The highest BCUT2D eigenvalue weighted by atomic mass is 35.5. The lowest BCUT2D eigenvalue weighted by Crippen LogP contribution is -2.25. The molecule has 3 rings (SSSR count). The van der Waals surface area contributed by atoms with Gasteiger partial charge in [0.1, 0.15) is 17.2 Å². The summed E-state index contributed by atoms with van der Waals surface area (Å²) in [5.41, 5.74) is -2.07. The molecule has 8 nitrogen and oxygen atoms in total. The van der Waals surface area contributed by atoms with E-state index < -0.39 is 21.9 Å². The molecule has 0 fully saturated rings. The molecule has 3 aromatic rings. The fraction of sp³-hybridized carbons (Fsp3) is 0. The summed E-state index contributed by atoms with van der Waals surface area (Å²) < 4.78 is 5.61. The number of H-pyrrole nitrogens is 2. The predicted octanol–water partition coefficient (Wildman–Crippen LogP) is 3.06. The third kappa shape index (κ3) is 3.59. The van der Waals surface area contributed by atoms with Gasteiger partial charge in [0.2, 0.25) is 0 Å². The van der Waals surface area contributed by atoms with Crippen LogP contribution in [-0.2, 0) is 0 Å². The zero-order valence-electron chi connectivity index (χ0n) is 12.5. The summed E-state index contributed by atoms with van der Waals surface area (Å²) in [5, 5.41) is 11.6. The van der Waals surface area contributed by atoms with E-state index in [-0.39, 0.29) is 5.69 Å². The van der Waals surface area contributed by atoms with Crippen molar-refractivity contribution in [3.63, 3.8) is 0 Å². The summed E-state index contributed by atoms with van der Waals surface area (Å²) in [6.07, 6.45) is 2.65. The van der Waals surface area contributed by atoms with Crippen LogP contribution >= 0.6 is 11.6 Å². The van der Waals surface area contributed by atoms with E-state index in [9.17, 15) is 19.7 Å². The highest BCUT2D eigenvalue weighted by Crippen LogP contribution is 2.24. The van der Waals surface area contributed by atoms with Crippen molar-refractivity contribution in [3.8, 4) is 11.3 Å². The van der Waals surface area contributed by atoms with E-state index >= 15 is 0 Å². The van der Waals surface area contributed by atoms with Crippen molar-refractivity contribution in [2.45, 2.75) is 0 Å². The van der Waals surface area contributed by atoms with Gasteiger partial charge in [0.25, 0.3) is 0 Å². The Labute approximate surface area is 144 Å². The first-order valence-electron chi connectivity index (χ1n) is 6.99. The van der Waals surface area contributed by atoms with Gasteiger partial charge in [0.05, 0.1) is 4.92 Å². The van der Waals surface area contributed by atoms with Crippen LogP contribution < -0.4 is 11.2 Å². The van der Waals surface area contributed by atoms with Gasteiger partial charge in [0.15, 0.2) is 0 Å². The van der Waals surface area contributed by atoms with Crippen molar-refractivity contribution in [2.75, 3.05) is 0 Å². The lowest BCUT2D eigenvalue weighted by molar-refractivity contribution is -0.386. The largest absolute Gasteiger partial charge is 0.457 e. The molecule has 0 saturated carbocycles. The molecular weight excluding hydrogens is 350 g/mol. The first kappa shape index (κ1) is 16.5. The molecule has 0 aliphatic heterocycles. The van der Waals surface area contributed by atoms with Gasteiger partial charge in [-0.2, -0.15) is 0 Å². The van der Waals surface area contributed by atoms with Crippen LogP contribution in [0.5, 0.6) is 0 Å². The zero-order valence-corrected chi connectivity index (χ0v) is 13.2. The van der Waals surface area contributed by atoms with Crippen molar-refractivity contribution >= 4 is 29.4 Å². The van der Waals surface area contributed by atoms with Gasteiger partial charge in [-0.25, -0.2) is 4.79 Å². The second-order valence-corrected chi connectivity index (χ2v) is 5.41. The van der Waals surface area contributed by atoms with Crippen LogP contribution in [0.2, 0.25) is 5.02 Å². The topological polar surface area (TPSA) is 122 Å². The van der Waals surface area contributed by atoms with Gasteiger partial charge >= 0.3 is 16.9 Å². The van der Waals surface area contributed by atoms with E-state index in [1.54, 1.807) is 36.4 Å². The van der Waals surface area contributed by atoms with Crippen LogP contribution in [0, 0.1) is 10.1 Å². The Morgan fingerprint density at radius 3 is 2.44 bits per heavy atom. The fourth-order valence-electron chi connectivity index (χ4n) is 2.18. The minimum absolute atomic E-state index is 0.219. The maximum absolute atomic E-state index is 11.5. The minimum atomic E-state index is -1.07. The van der Waals surface area contributed by atoms with Crippen LogP contribution in [-0.4, -0.2) is 14.9 Å². The Bertz CT molecular complexity index is 1080. The maximum Gasteiger partial charge on any atom is 0.357 e. The third-order valence-corrected chi connectivity index (χ3v) is 3.55. The lowest BCUT2D eigenvalue weighted by Gasteiger charge is -1.97. The molecule has 0 amide bonds. The summed E-state index contributed by atoms with van der Waals surface area (Å²) in [4.78, 5) is 37.0. The first-order valence-corrected chi connectivity index (χ1v) is 7.36. The van der Waals surface area contributed by atoms with Crippen molar-refractivity contribution in [1.82, 2.24) is 9.97 Å². The number of furan rings is 1. The van der Waals surface area contributed by atoms with Gasteiger partial charge in [-0.3, -0.25) is 19.9 Å². The number of nitrogens with one attached hydrogen (secondary N) is 2. The smallest absolute Gasteiger partial charge is 0.357 e. The van der Waals surface area contributed by atoms with E-state index in [1.165, 1.54) is 12.2 Å². The number of rotatable bonds is 4. The molecule has 0 saturated heterocycles. The van der Waals surface area contributed by atoms with Crippen LogP contribution in [0.15, 0.2) is 50.4 Å². The first-order chi connectivity index (χ1) is 11.9. The van der Waals surface area contributed by atoms with Crippen LogP contribution in [0.25, 0.3) is 23.5 Å². The van der Waals surface area contributed by atoms with Crippen molar-refractivity contribution < 1.29 is 9.34 Å². The minimum Gasteiger partial charge on any atom is -0.457 e. The number of halogens is 1. The number of nitrogens with zero attached hydrogens (tertiary/aromatic N) is 1. The molecule has 1 aromatic carbocycles. The Balaban J connectivity index is 1.94. The van der Waals surface area contributed by atoms with Gasteiger partial charge in [-0.05, 0) is 48.6 Å². The quantitative estimate of drug-likeness (QED) is 0.547. The molecule has 0 spiro atoms. The molecule has 9 heteroatoms. The highest BCUT2D eigenvalue weighted by Gasteiger charge is 2.18. The highest BCUT2D eigenvalue weighted by molar-refractivity contribution is 6.30. The number of hydrogen-bond donors (Lipinski definition) is 2. The van der Waals surface area contributed by atoms with Gasteiger partial charge in [0, 0.05) is 10.6 Å². The third-order valence-electron chi connectivity index (χ3n) is 3.30. The van der Waals surface area contributed by atoms with Crippen LogP contribution in [0.4, 0.5) is 5.69 Å². The van der Waals surface area contributed by atoms with Crippen molar-refractivity contribution in [1.29, 1.82) is 0 Å². The van der Waals surface area contributed by atoms with E-state index in [0.717, 1.165) is 5.56 Å². The maximum atomic E-state index is 11.5. The average molecular weight is 360 g/mol. The number of aromatic nitrogens is 2. The standard InChI is InChI=1S/C16H10ClN3O5/c17-10-3-1-9(2-4-10)13-8-6-11(25-13)5-7-12-14(20(23)24)15(21)19-16(22)18-12/h1-8H,(H2,18,19,21,22). The Kier molecular flexibility index (Phi) is 4.36. The van der Waals surface area contributed by atoms with E-state index in [0.29, 0.717) is 16.5 Å². The van der Waals surface area contributed by atoms with Crippen LogP contribution in [0.1, 0.15) is 11.5 Å². The van der Waals surface area contributed by atoms with E-state index in [4.69, 9.17) is 16.0 Å². The van der Waals surface area contributed by atoms with Gasteiger partial charge in [-0.1, -0.05) is 11.6 Å². The van der Waals surface area contributed by atoms with Crippen LogP contribution in [0.3, 0.4) is 0 Å². The van der Waals surface area contributed by atoms with Gasteiger partial charge < -0.3 is 9.40 Å². The van der Waals surface area contributed by atoms with Crippen molar-refractivity contribution in [3.05, 3.63) is 83.8 Å². The molecule has 0 bridgehead atoms. The number of aromatic amines is 2. The molecule has 2 heterocycles. The lowest BCUT2D eigenvalue weighted by atomic mass is 10.2. The van der Waals surface area contributed by atoms with Gasteiger partial charge in [-0.15, -0.1) is 0 Å². The summed E-state index contributed by atoms with van der Waals surface area (Å²) in [6.45, 7) is 0. The second kappa shape index (κ2) is 6.62. The second-order valence-electron chi connectivity index (χ2n) is 4.97. The predicted molar refractivity (Wildman–Crippen MR) is 92.4 cm³/mol. The number of hydrogen-bond acceptors (Lipinski definition) is 5. The molecule has 0 unspecified atom stereocenters. The molecule has 2 aromatic heterocycles. The molecule has 0 aliphatic carbocycles. The fourth-order valence-corrected chi connectivity index (χ4v) is 2.30. The molecular formula is C16H10ClN3O5. The molecule has 2 N–H and O–H groups in total. The zero-order chi connectivity index (χ0) is 18.0. The van der Waals surface area contributed by atoms with Crippen molar-refractivity contribution in [2.24, 2.45) is 0 Å². The monoisotopic (exact) mass is 359 g/mol. The molecule has 0 radical (unpaired) electrons.